The van der Waals surface area contributed by atoms with Gasteiger partial charge in [0.1, 0.15) is 11.6 Å². The molecule has 7 nitrogen and oxygen atoms in total. The highest BCUT2D eigenvalue weighted by Crippen LogP contribution is 2.23. The van der Waals surface area contributed by atoms with Crippen LogP contribution in [0.3, 0.4) is 0 Å². The number of nitrogens with zero attached hydrogens (tertiary/aromatic N) is 3. The molecular weight excluding hydrogens is 335 g/mol. The minimum atomic E-state index is -0.512. The summed E-state index contributed by atoms with van der Waals surface area (Å²) in [6, 6.07) is 7.53. The van der Waals surface area contributed by atoms with Crippen LogP contribution < -0.4 is 10.1 Å². The van der Waals surface area contributed by atoms with Gasteiger partial charge in [0.2, 0.25) is 5.91 Å². The number of hydrogen-bond donors (Lipinski definition) is 1. The summed E-state index contributed by atoms with van der Waals surface area (Å²) >= 11 is 1.09. The average Bonchev–Trinajstić information content (AvgIpc) is 3.04. The lowest BCUT2D eigenvalue weighted by Gasteiger charge is -2.10. The molecule has 0 aliphatic heterocycles. The fraction of sp³-hybridized carbons (Fsp3) is 0.333. The van der Waals surface area contributed by atoms with E-state index in [1.807, 2.05) is 6.07 Å². The van der Waals surface area contributed by atoms with E-state index >= 15 is 0 Å². The number of aromatic nitrogens is 2. The number of thioether (sulfide) groups is 1. The number of hydrogen-bond acceptors (Lipinski definition) is 7. The molecule has 0 unspecified atom stereocenters. The van der Waals surface area contributed by atoms with Crippen LogP contribution in [0.5, 0.6) is 5.75 Å². The van der Waals surface area contributed by atoms with Crippen LogP contribution in [0.4, 0.5) is 4.39 Å². The van der Waals surface area contributed by atoms with E-state index in [1.165, 1.54) is 24.3 Å². The first kappa shape index (κ1) is 17.7. The van der Waals surface area contributed by atoms with E-state index in [0.717, 1.165) is 11.8 Å². The van der Waals surface area contributed by atoms with Crippen molar-refractivity contribution in [2.24, 2.45) is 0 Å². The average molecular weight is 350 g/mol. The highest BCUT2D eigenvalue weighted by Gasteiger charge is 2.16. The molecule has 2 rings (SSSR count). The summed E-state index contributed by atoms with van der Waals surface area (Å²) in [7, 11) is 0. The molecule has 1 heterocycles. The van der Waals surface area contributed by atoms with E-state index in [-0.39, 0.29) is 35.0 Å². The third-order valence-corrected chi connectivity index (χ3v) is 3.60. The smallest absolute Gasteiger partial charge is 0.277 e. The van der Waals surface area contributed by atoms with E-state index in [2.05, 4.69) is 15.5 Å². The van der Waals surface area contributed by atoms with Crippen molar-refractivity contribution < 1.29 is 18.3 Å². The number of ether oxygens (including phenoxy) is 1. The van der Waals surface area contributed by atoms with Gasteiger partial charge >= 0.3 is 0 Å². The van der Waals surface area contributed by atoms with Crippen molar-refractivity contribution in [2.75, 3.05) is 12.3 Å². The lowest BCUT2D eigenvalue weighted by atomic mass is 10.3. The van der Waals surface area contributed by atoms with Gasteiger partial charge in [-0.15, -0.1) is 10.2 Å². The normalized spacial score (nSPS) is 11.5. The molecule has 0 saturated heterocycles. The second-order valence-electron chi connectivity index (χ2n) is 4.67. The molecule has 1 N–H and O–H groups in total. The fourth-order valence-corrected chi connectivity index (χ4v) is 2.25. The number of carbonyl (C=O) groups excluding carboxylic acids is 1. The first-order valence-corrected chi connectivity index (χ1v) is 8.09. The summed E-state index contributed by atoms with van der Waals surface area (Å²) in [5.41, 5.74) is 0. The van der Waals surface area contributed by atoms with Gasteiger partial charge in [-0.25, -0.2) is 4.39 Å². The molecule has 0 aliphatic rings. The maximum atomic E-state index is 12.9. The SMILES string of the molecule is C[C@H](Oc1ccc(F)cc1)c1nnc(SCC(=O)NCCC#N)o1. The molecule has 0 fully saturated rings. The van der Waals surface area contributed by atoms with Crippen molar-refractivity contribution in [3.05, 3.63) is 36.0 Å². The van der Waals surface area contributed by atoms with E-state index in [0.29, 0.717) is 12.3 Å². The number of amides is 1. The monoisotopic (exact) mass is 350 g/mol. The molecular formula is C15H15FN4O3S. The Labute approximate surface area is 142 Å². The minimum Gasteiger partial charge on any atom is -0.481 e. The Morgan fingerprint density at radius 3 is 2.92 bits per heavy atom. The van der Waals surface area contributed by atoms with Gasteiger partial charge in [-0.2, -0.15) is 5.26 Å². The largest absolute Gasteiger partial charge is 0.481 e. The van der Waals surface area contributed by atoms with Crippen molar-refractivity contribution in [2.45, 2.75) is 24.7 Å². The molecule has 1 amide bonds. The van der Waals surface area contributed by atoms with Gasteiger partial charge in [-0.1, -0.05) is 11.8 Å². The molecule has 1 atom stereocenters. The van der Waals surface area contributed by atoms with Crippen molar-refractivity contribution in [3.8, 4) is 11.8 Å². The molecule has 0 bridgehead atoms. The Balaban J connectivity index is 1.82. The Kier molecular flexibility index (Phi) is 6.57. The topological polar surface area (TPSA) is 101 Å². The van der Waals surface area contributed by atoms with E-state index in [4.69, 9.17) is 14.4 Å². The summed E-state index contributed by atoms with van der Waals surface area (Å²) in [6.45, 7) is 2.04. The zero-order valence-corrected chi connectivity index (χ0v) is 13.7. The Hall–Kier alpha value is -2.60. The van der Waals surface area contributed by atoms with Gasteiger partial charge < -0.3 is 14.5 Å². The molecule has 24 heavy (non-hydrogen) atoms. The summed E-state index contributed by atoms with van der Waals surface area (Å²) in [5, 5.41) is 18.9. The lowest BCUT2D eigenvalue weighted by Crippen LogP contribution is -2.25. The Morgan fingerprint density at radius 2 is 2.21 bits per heavy atom. The number of carbonyl (C=O) groups is 1. The van der Waals surface area contributed by atoms with Gasteiger partial charge in [0.05, 0.1) is 18.2 Å². The van der Waals surface area contributed by atoms with Gasteiger partial charge in [0.25, 0.3) is 11.1 Å². The highest BCUT2D eigenvalue weighted by atomic mass is 32.2. The second kappa shape index (κ2) is 8.88. The molecule has 1 aromatic carbocycles. The number of rotatable bonds is 8. The summed E-state index contributed by atoms with van der Waals surface area (Å²) in [4.78, 5) is 11.5. The van der Waals surface area contributed by atoms with Crippen molar-refractivity contribution in [3.63, 3.8) is 0 Å². The van der Waals surface area contributed by atoms with Crippen molar-refractivity contribution in [1.82, 2.24) is 15.5 Å². The third kappa shape index (κ3) is 5.55. The van der Waals surface area contributed by atoms with Gasteiger partial charge in [-0.05, 0) is 31.2 Å². The van der Waals surface area contributed by atoms with Crippen molar-refractivity contribution >= 4 is 17.7 Å². The zero-order valence-electron chi connectivity index (χ0n) is 12.9. The van der Waals surface area contributed by atoms with Crippen LogP contribution in [0.1, 0.15) is 25.3 Å². The van der Waals surface area contributed by atoms with Crippen LogP contribution in [-0.4, -0.2) is 28.4 Å². The van der Waals surface area contributed by atoms with Gasteiger partial charge in [0.15, 0.2) is 6.10 Å². The predicted octanol–water partition coefficient (Wildman–Crippen LogP) is 2.47. The van der Waals surface area contributed by atoms with Crippen LogP contribution in [0.15, 0.2) is 33.9 Å². The summed E-state index contributed by atoms with van der Waals surface area (Å²) in [5.74, 6) is 0.283. The van der Waals surface area contributed by atoms with E-state index in [1.54, 1.807) is 6.92 Å². The molecule has 0 spiro atoms. The molecule has 126 valence electrons. The second-order valence-corrected chi connectivity index (χ2v) is 5.59. The number of nitrogens with one attached hydrogen (secondary N) is 1. The molecule has 1 aromatic heterocycles. The Morgan fingerprint density at radius 1 is 1.46 bits per heavy atom. The van der Waals surface area contributed by atoms with E-state index in [9.17, 15) is 9.18 Å². The lowest BCUT2D eigenvalue weighted by molar-refractivity contribution is -0.118. The molecule has 0 aliphatic carbocycles. The maximum Gasteiger partial charge on any atom is 0.277 e. The summed E-state index contributed by atoms with van der Waals surface area (Å²) in [6.07, 6.45) is -0.249. The first-order valence-electron chi connectivity index (χ1n) is 7.10. The predicted molar refractivity (Wildman–Crippen MR) is 83.7 cm³/mol. The number of benzene rings is 1. The van der Waals surface area contributed by atoms with Crippen LogP contribution in [0.2, 0.25) is 0 Å². The maximum absolute atomic E-state index is 12.9. The molecule has 0 saturated carbocycles. The fourth-order valence-electron chi connectivity index (χ4n) is 1.65. The highest BCUT2D eigenvalue weighted by molar-refractivity contribution is 7.99. The van der Waals surface area contributed by atoms with Gasteiger partial charge in [-0.3, -0.25) is 4.79 Å². The summed E-state index contributed by atoms with van der Waals surface area (Å²) < 4.78 is 23.9. The standard InChI is InChI=1S/C15H15FN4O3S/c1-10(22-12-5-3-11(16)4-6-12)14-19-20-15(23-14)24-9-13(21)18-8-2-7-17/h3-6,10H,2,8-9H2,1H3,(H,18,21)/t10-/m0/s1. The van der Waals surface area contributed by atoms with Crippen molar-refractivity contribution in [1.29, 1.82) is 5.26 Å². The van der Waals surface area contributed by atoms with Crippen LogP contribution in [-0.2, 0) is 4.79 Å². The van der Waals surface area contributed by atoms with Gasteiger partial charge in [0, 0.05) is 6.54 Å². The third-order valence-electron chi connectivity index (χ3n) is 2.78. The molecule has 9 heteroatoms. The molecule has 0 radical (unpaired) electrons. The van der Waals surface area contributed by atoms with E-state index < -0.39 is 6.10 Å². The Bertz CT molecular complexity index is 714. The quantitative estimate of drug-likeness (QED) is 0.576. The number of halogens is 1. The minimum absolute atomic E-state index is 0.111. The van der Waals surface area contributed by atoms with Crippen LogP contribution >= 0.6 is 11.8 Å². The number of nitriles is 1. The van der Waals surface area contributed by atoms with Crippen LogP contribution in [0, 0.1) is 17.1 Å². The first-order chi connectivity index (χ1) is 11.6. The van der Waals surface area contributed by atoms with Crippen LogP contribution in [0.25, 0.3) is 0 Å². The molecule has 2 aromatic rings. The zero-order chi connectivity index (χ0) is 17.4.